The molecule has 0 aliphatic carbocycles. The number of rotatable bonds is 7. The molecule has 0 bridgehead atoms. The highest BCUT2D eigenvalue weighted by molar-refractivity contribution is 7.10. The van der Waals surface area contributed by atoms with Crippen molar-refractivity contribution < 1.29 is 4.79 Å². The van der Waals surface area contributed by atoms with Gasteiger partial charge in [-0.1, -0.05) is 30.3 Å². The van der Waals surface area contributed by atoms with Gasteiger partial charge in [-0.2, -0.15) is 0 Å². The van der Waals surface area contributed by atoms with E-state index >= 15 is 0 Å². The molecule has 0 fully saturated rings. The second-order valence-corrected chi connectivity index (χ2v) is 8.18. The number of hydrogen-bond donors (Lipinski definition) is 1. The fraction of sp³-hybridized carbons (Fsp3) is 0.250. The van der Waals surface area contributed by atoms with Crippen LogP contribution in [0.15, 0.2) is 53.2 Å². The minimum Gasteiger partial charge on any atom is -0.324 e. The molecule has 130 valence electrons. The molecule has 25 heavy (non-hydrogen) atoms. The largest absolute Gasteiger partial charge is 0.324 e. The van der Waals surface area contributed by atoms with Crippen LogP contribution in [0.3, 0.4) is 0 Å². The third-order valence-corrected chi connectivity index (χ3v) is 5.75. The van der Waals surface area contributed by atoms with Crippen LogP contribution in [0.25, 0.3) is 0 Å². The first-order valence-corrected chi connectivity index (χ1v) is 10.0. The van der Waals surface area contributed by atoms with Crippen LogP contribution in [0.4, 0.5) is 5.69 Å². The van der Waals surface area contributed by atoms with Gasteiger partial charge in [-0.25, -0.2) is 0 Å². The molecular formula is C20H22N2OS2. The maximum atomic E-state index is 12.6. The van der Waals surface area contributed by atoms with Gasteiger partial charge < -0.3 is 5.32 Å². The Balaban J connectivity index is 1.69. The van der Waals surface area contributed by atoms with Crippen molar-refractivity contribution in [3.63, 3.8) is 0 Å². The number of carbonyl (C=O) groups is 1. The summed E-state index contributed by atoms with van der Waals surface area (Å²) < 4.78 is 0. The van der Waals surface area contributed by atoms with Crippen molar-refractivity contribution in [2.75, 3.05) is 11.9 Å². The molecule has 2 aromatic heterocycles. The van der Waals surface area contributed by atoms with Crippen LogP contribution in [-0.4, -0.2) is 17.4 Å². The van der Waals surface area contributed by atoms with E-state index in [9.17, 15) is 4.79 Å². The van der Waals surface area contributed by atoms with Crippen LogP contribution in [0.1, 0.15) is 20.9 Å². The molecule has 2 heterocycles. The second-order valence-electron chi connectivity index (χ2n) is 6.12. The van der Waals surface area contributed by atoms with Gasteiger partial charge in [0.15, 0.2) is 0 Å². The third-order valence-electron chi connectivity index (χ3n) is 4.03. The summed E-state index contributed by atoms with van der Waals surface area (Å²) in [5.74, 6) is 0.0329. The summed E-state index contributed by atoms with van der Waals surface area (Å²) in [6, 6.07) is 14.4. The van der Waals surface area contributed by atoms with Crippen molar-refractivity contribution in [3.05, 3.63) is 74.1 Å². The topological polar surface area (TPSA) is 32.3 Å². The SMILES string of the molecule is Cc1cccc(C)c1NC(=O)CN(Cc1cccs1)Cc1cccs1. The summed E-state index contributed by atoms with van der Waals surface area (Å²) in [4.78, 5) is 17.4. The molecule has 0 radical (unpaired) electrons. The Hall–Kier alpha value is -1.95. The average Bonchev–Trinajstić information content (AvgIpc) is 3.25. The van der Waals surface area contributed by atoms with Gasteiger partial charge in [0.1, 0.15) is 0 Å². The maximum absolute atomic E-state index is 12.6. The summed E-state index contributed by atoms with van der Waals surface area (Å²) >= 11 is 3.46. The van der Waals surface area contributed by atoms with Gasteiger partial charge in [0.25, 0.3) is 0 Å². The van der Waals surface area contributed by atoms with E-state index in [-0.39, 0.29) is 5.91 Å². The summed E-state index contributed by atoms with van der Waals surface area (Å²) in [6.07, 6.45) is 0. The van der Waals surface area contributed by atoms with Crippen LogP contribution >= 0.6 is 22.7 Å². The van der Waals surface area contributed by atoms with Crippen molar-refractivity contribution in [3.8, 4) is 0 Å². The number of amides is 1. The van der Waals surface area contributed by atoms with E-state index in [0.717, 1.165) is 29.9 Å². The van der Waals surface area contributed by atoms with Crippen molar-refractivity contribution in [1.82, 2.24) is 4.90 Å². The van der Waals surface area contributed by atoms with Gasteiger partial charge >= 0.3 is 0 Å². The smallest absolute Gasteiger partial charge is 0.238 e. The predicted octanol–water partition coefficient (Wildman–Crippen LogP) is 5.07. The molecule has 1 N–H and O–H groups in total. The summed E-state index contributed by atoms with van der Waals surface area (Å²) in [5, 5.41) is 7.25. The summed E-state index contributed by atoms with van der Waals surface area (Å²) in [7, 11) is 0. The fourth-order valence-corrected chi connectivity index (χ4v) is 4.30. The molecule has 0 saturated carbocycles. The monoisotopic (exact) mass is 370 g/mol. The minimum atomic E-state index is 0.0329. The Kier molecular flexibility index (Phi) is 6.02. The summed E-state index contributed by atoms with van der Waals surface area (Å²) in [5.41, 5.74) is 3.12. The maximum Gasteiger partial charge on any atom is 0.238 e. The van der Waals surface area contributed by atoms with Gasteiger partial charge in [0, 0.05) is 28.5 Å². The normalized spacial score (nSPS) is 11.0. The minimum absolute atomic E-state index is 0.0329. The second kappa shape index (κ2) is 8.43. The first kappa shape index (κ1) is 17.9. The van der Waals surface area contributed by atoms with Crippen molar-refractivity contribution in [2.24, 2.45) is 0 Å². The molecule has 3 nitrogen and oxygen atoms in total. The van der Waals surface area contributed by atoms with Gasteiger partial charge in [-0.15, -0.1) is 22.7 Å². The average molecular weight is 371 g/mol. The number of para-hydroxylation sites is 1. The number of aryl methyl sites for hydroxylation is 2. The lowest BCUT2D eigenvalue weighted by molar-refractivity contribution is -0.117. The van der Waals surface area contributed by atoms with E-state index in [0.29, 0.717) is 6.54 Å². The highest BCUT2D eigenvalue weighted by atomic mass is 32.1. The first-order valence-electron chi connectivity index (χ1n) is 8.25. The van der Waals surface area contributed by atoms with Gasteiger partial charge in [-0.3, -0.25) is 9.69 Å². The van der Waals surface area contributed by atoms with Crippen LogP contribution in [0, 0.1) is 13.8 Å². The Morgan fingerprint density at radius 1 is 0.920 bits per heavy atom. The first-order chi connectivity index (χ1) is 12.1. The molecule has 3 rings (SSSR count). The molecule has 3 aromatic rings. The van der Waals surface area contributed by atoms with E-state index in [1.807, 2.05) is 32.0 Å². The van der Waals surface area contributed by atoms with Gasteiger partial charge in [0.05, 0.1) is 6.54 Å². The molecule has 5 heteroatoms. The van der Waals surface area contributed by atoms with Crippen molar-refractivity contribution >= 4 is 34.3 Å². The van der Waals surface area contributed by atoms with E-state index < -0.39 is 0 Å². The zero-order chi connectivity index (χ0) is 17.6. The molecule has 1 aromatic carbocycles. The van der Waals surface area contributed by atoms with E-state index in [2.05, 4.69) is 45.2 Å². The predicted molar refractivity (Wildman–Crippen MR) is 107 cm³/mol. The van der Waals surface area contributed by atoms with Crippen LogP contribution in [0.5, 0.6) is 0 Å². The van der Waals surface area contributed by atoms with Crippen molar-refractivity contribution in [2.45, 2.75) is 26.9 Å². The van der Waals surface area contributed by atoms with E-state index in [1.54, 1.807) is 22.7 Å². The Bertz CT molecular complexity index is 754. The fourth-order valence-electron chi connectivity index (χ4n) is 2.81. The highest BCUT2D eigenvalue weighted by Gasteiger charge is 2.15. The number of nitrogens with zero attached hydrogens (tertiary/aromatic N) is 1. The number of benzene rings is 1. The molecule has 0 aliphatic rings. The van der Waals surface area contributed by atoms with Gasteiger partial charge in [0.2, 0.25) is 5.91 Å². The Morgan fingerprint density at radius 3 is 1.96 bits per heavy atom. The lowest BCUT2D eigenvalue weighted by atomic mass is 10.1. The van der Waals surface area contributed by atoms with Crippen molar-refractivity contribution in [1.29, 1.82) is 0 Å². The number of hydrogen-bond acceptors (Lipinski definition) is 4. The molecule has 0 spiro atoms. The molecule has 0 saturated heterocycles. The van der Waals surface area contributed by atoms with Gasteiger partial charge in [-0.05, 0) is 47.9 Å². The van der Waals surface area contributed by atoms with E-state index in [4.69, 9.17) is 0 Å². The lowest BCUT2D eigenvalue weighted by Crippen LogP contribution is -2.32. The molecule has 1 amide bonds. The van der Waals surface area contributed by atoms with E-state index in [1.165, 1.54) is 9.75 Å². The third kappa shape index (κ3) is 5.01. The quantitative estimate of drug-likeness (QED) is 0.630. The molecular weight excluding hydrogens is 348 g/mol. The zero-order valence-corrected chi connectivity index (χ0v) is 16.1. The number of nitrogens with one attached hydrogen (secondary N) is 1. The zero-order valence-electron chi connectivity index (χ0n) is 14.5. The summed E-state index contributed by atoms with van der Waals surface area (Å²) in [6.45, 7) is 6.00. The standard InChI is InChI=1S/C20H22N2OS2/c1-15-6-3-7-16(2)20(15)21-19(23)14-22(12-17-8-4-10-24-17)13-18-9-5-11-25-18/h3-11H,12-14H2,1-2H3,(H,21,23). The van der Waals surface area contributed by atoms with Crippen LogP contribution in [0.2, 0.25) is 0 Å². The molecule has 0 atom stereocenters. The molecule has 0 aliphatic heterocycles. The lowest BCUT2D eigenvalue weighted by Gasteiger charge is -2.21. The highest BCUT2D eigenvalue weighted by Crippen LogP contribution is 2.20. The Labute approximate surface area is 156 Å². The Morgan fingerprint density at radius 2 is 1.48 bits per heavy atom. The van der Waals surface area contributed by atoms with Crippen LogP contribution in [-0.2, 0) is 17.9 Å². The van der Waals surface area contributed by atoms with Crippen LogP contribution < -0.4 is 5.32 Å². The number of carbonyl (C=O) groups excluding carboxylic acids is 1. The molecule has 0 unspecified atom stereocenters. The number of thiophene rings is 2. The number of anilines is 1.